The molecule has 0 saturated carbocycles. The van der Waals surface area contributed by atoms with Crippen molar-refractivity contribution in [2.24, 2.45) is 5.73 Å². The van der Waals surface area contributed by atoms with Gasteiger partial charge in [-0.25, -0.2) is 0 Å². The van der Waals surface area contributed by atoms with Gasteiger partial charge in [0.05, 0.1) is 0 Å². The second-order valence-electron chi connectivity index (χ2n) is 0.402. The van der Waals surface area contributed by atoms with Crippen LogP contribution in [0.3, 0.4) is 0 Å². The van der Waals surface area contributed by atoms with Gasteiger partial charge in [0.15, 0.2) is 0 Å². The Morgan fingerprint density at radius 1 is 2.00 bits per heavy atom. The summed E-state index contributed by atoms with van der Waals surface area (Å²) in [4.78, 5) is 9.37. The fourth-order valence-corrected chi connectivity index (χ4v) is 0. The first-order chi connectivity index (χ1) is 2.27. The van der Waals surface area contributed by atoms with E-state index in [1.165, 1.54) is 20.2 Å². The molecule has 1 amide bonds. The molecule has 0 bridgehead atoms. The summed E-state index contributed by atoms with van der Waals surface area (Å²) in [6.45, 7) is 0. The van der Waals surface area contributed by atoms with Crippen LogP contribution in [0.1, 0.15) is 0 Å². The molecule has 0 atom stereocenters. The van der Waals surface area contributed by atoms with Crippen LogP contribution in [-0.2, 0) is 23.6 Å². The number of rotatable bonds is 0. The summed E-state index contributed by atoms with van der Waals surface area (Å²) in [6, 6.07) is 0. The molecule has 0 aromatic heterocycles. The van der Waals surface area contributed by atoms with Gasteiger partial charge in [-0.05, 0) is 0 Å². The Morgan fingerprint density at radius 3 is 2.20 bits per heavy atom. The van der Waals surface area contributed by atoms with Crippen molar-refractivity contribution in [1.29, 1.82) is 0 Å². The standard InChI is InChI=1S/CH3NO2.Mo/c2-1(3)4;/h2H2,(H,3,4);/q;+1/p-1. The van der Waals surface area contributed by atoms with Crippen LogP contribution in [0.25, 0.3) is 0 Å². The van der Waals surface area contributed by atoms with E-state index in [1.54, 1.807) is 0 Å². The van der Waals surface area contributed by atoms with Gasteiger partial charge >= 0.3 is 40.2 Å². The second-order valence-corrected chi connectivity index (χ2v) is 0.812. The Kier molecular flexibility index (Phi) is 2.19. The Balaban J connectivity index is 2.85. The van der Waals surface area contributed by atoms with Gasteiger partial charge in [-0.3, -0.25) is 0 Å². The first-order valence-corrected chi connectivity index (χ1v) is 1.68. The third-order valence-corrected chi connectivity index (χ3v) is 0.486. The zero-order valence-corrected chi connectivity index (χ0v) is 4.31. The molecule has 4 heteroatoms. The summed E-state index contributed by atoms with van der Waals surface area (Å²) in [5, 5.41) is 0. The molecular formula is CH2MoNO2. The van der Waals surface area contributed by atoms with E-state index < -0.39 is 6.09 Å². The number of carbonyl (C=O) groups excluding carboxylic acids is 1. The predicted molar refractivity (Wildman–Crippen MR) is 10.7 cm³/mol. The number of amides is 1. The van der Waals surface area contributed by atoms with E-state index in [0.29, 0.717) is 0 Å². The third-order valence-electron chi connectivity index (χ3n) is 0.0821. The van der Waals surface area contributed by atoms with Crippen molar-refractivity contribution in [3.8, 4) is 0 Å². The Hall–Kier alpha value is -0.0417. The molecule has 0 aliphatic carbocycles. The molecular weight excluding hydrogens is 154 g/mol. The van der Waals surface area contributed by atoms with Gasteiger partial charge in [-0.15, -0.1) is 0 Å². The molecule has 0 radical (unpaired) electrons. The molecule has 2 N–H and O–H groups in total. The average Bonchev–Trinajstić information content (AvgIpc) is 1.38. The fourth-order valence-electron chi connectivity index (χ4n) is 0. The summed E-state index contributed by atoms with van der Waals surface area (Å²) in [7, 11) is 0. The molecule has 0 saturated heterocycles. The summed E-state index contributed by atoms with van der Waals surface area (Å²) in [5.41, 5.74) is 4.43. The molecule has 0 heterocycles. The normalized spacial score (nSPS) is 6.40. The quantitative estimate of drug-likeness (QED) is 0.482. The SMILES string of the molecule is NC(=O)[O][Mo]. The zero-order valence-electron chi connectivity index (χ0n) is 2.30. The monoisotopic (exact) mass is 158 g/mol. The van der Waals surface area contributed by atoms with Crippen LogP contribution in [0.2, 0.25) is 0 Å². The summed E-state index contributed by atoms with van der Waals surface area (Å²) in [6.07, 6.45) is -0.741. The molecule has 0 aromatic rings. The van der Waals surface area contributed by atoms with Gasteiger partial charge in [-0.1, -0.05) is 0 Å². The van der Waals surface area contributed by atoms with Gasteiger partial charge in [0, 0.05) is 0 Å². The van der Waals surface area contributed by atoms with E-state index in [9.17, 15) is 4.79 Å². The fraction of sp³-hybridized carbons (Fsp3) is 0. The molecule has 29 valence electrons. The van der Waals surface area contributed by atoms with Gasteiger partial charge in [0.25, 0.3) is 0 Å². The third kappa shape index (κ3) is 3.96. The van der Waals surface area contributed by atoms with Crippen LogP contribution in [0.4, 0.5) is 4.79 Å². The van der Waals surface area contributed by atoms with Crippen LogP contribution in [0, 0.1) is 0 Å². The van der Waals surface area contributed by atoms with Gasteiger partial charge in [0.1, 0.15) is 0 Å². The molecule has 3 nitrogen and oxygen atoms in total. The number of hydrogen-bond donors (Lipinski definition) is 1. The zero-order chi connectivity index (χ0) is 4.28. The van der Waals surface area contributed by atoms with Gasteiger partial charge in [0.2, 0.25) is 0 Å². The van der Waals surface area contributed by atoms with Gasteiger partial charge < -0.3 is 0 Å². The van der Waals surface area contributed by atoms with Crippen molar-refractivity contribution in [2.45, 2.75) is 0 Å². The van der Waals surface area contributed by atoms with Crippen molar-refractivity contribution < 1.29 is 28.4 Å². The van der Waals surface area contributed by atoms with Crippen LogP contribution in [0.5, 0.6) is 0 Å². The van der Waals surface area contributed by atoms with Crippen LogP contribution < -0.4 is 5.73 Å². The molecule has 0 spiro atoms. The minimum atomic E-state index is -0.741. The topological polar surface area (TPSA) is 52.3 Å². The summed E-state index contributed by atoms with van der Waals surface area (Å²) in [5.74, 6) is 0. The average molecular weight is 156 g/mol. The van der Waals surface area contributed by atoms with Crippen LogP contribution in [0.15, 0.2) is 0 Å². The second kappa shape index (κ2) is 2.21. The number of primary amides is 1. The first kappa shape index (κ1) is 4.96. The number of carbonyl (C=O) groups is 1. The van der Waals surface area contributed by atoms with E-state index in [4.69, 9.17) is 0 Å². The van der Waals surface area contributed by atoms with Crippen molar-refractivity contribution in [2.75, 3.05) is 0 Å². The molecule has 0 aromatic carbocycles. The van der Waals surface area contributed by atoms with E-state index in [1.807, 2.05) is 0 Å². The first-order valence-electron chi connectivity index (χ1n) is 0.864. The minimum absolute atomic E-state index is 0.741. The van der Waals surface area contributed by atoms with Crippen LogP contribution in [-0.4, -0.2) is 6.09 Å². The van der Waals surface area contributed by atoms with E-state index in [-0.39, 0.29) is 0 Å². The van der Waals surface area contributed by atoms with E-state index >= 15 is 0 Å². The molecule has 0 unspecified atom stereocenters. The maximum atomic E-state index is 9.37. The Labute approximate surface area is 40.8 Å². The molecule has 0 fully saturated rings. The number of nitrogens with two attached hydrogens (primary N) is 1. The molecule has 0 rings (SSSR count). The van der Waals surface area contributed by atoms with Crippen LogP contribution >= 0.6 is 0 Å². The Morgan fingerprint density at radius 2 is 2.20 bits per heavy atom. The molecule has 0 aliphatic rings. The summed E-state index contributed by atoms with van der Waals surface area (Å²) >= 11 is 1.17. The number of hydrogen-bond acceptors (Lipinski definition) is 2. The molecule has 0 aliphatic heterocycles. The maximum absolute atomic E-state index is 9.37. The van der Waals surface area contributed by atoms with E-state index in [2.05, 4.69) is 9.12 Å². The summed E-state index contributed by atoms with van der Waals surface area (Å²) < 4.78 is 3.90. The van der Waals surface area contributed by atoms with Crippen molar-refractivity contribution >= 4 is 6.09 Å². The van der Waals surface area contributed by atoms with E-state index in [0.717, 1.165) is 0 Å². The predicted octanol–water partition coefficient (Wildman–Crippen LogP) is -0.456. The Bertz CT molecular complexity index is 44.9. The van der Waals surface area contributed by atoms with Crippen molar-refractivity contribution in [3.63, 3.8) is 0 Å². The van der Waals surface area contributed by atoms with Crippen molar-refractivity contribution in [3.05, 3.63) is 0 Å². The van der Waals surface area contributed by atoms with Gasteiger partial charge in [-0.2, -0.15) is 0 Å². The molecule has 5 heavy (non-hydrogen) atoms. The van der Waals surface area contributed by atoms with Crippen molar-refractivity contribution in [1.82, 2.24) is 0 Å².